The summed E-state index contributed by atoms with van der Waals surface area (Å²) in [5, 5.41) is 4.49. The number of hydrogen-bond acceptors (Lipinski definition) is 2. The molecule has 0 saturated heterocycles. The first-order valence-corrected chi connectivity index (χ1v) is 5.61. The van der Waals surface area contributed by atoms with Crippen LogP contribution in [0, 0.1) is 0 Å². The van der Waals surface area contributed by atoms with E-state index >= 15 is 0 Å². The number of benzene rings is 1. The van der Waals surface area contributed by atoms with Gasteiger partial charge in [0.05, 0.1) is 0 Å². The number of nitrogens with one attached hydrogen (secondary N) is 1. The normalized spacial score (nSPS) is 9.53. The lowest BCUT2D eigenvalue weighted by Gasteiger charge is -2.08. The highest BCUT2D eigenvalue weighted by Gasteiger charge is 2.04. The third-order valence-corrected chi connectivity index (χ3v) is 2.88. The van der Waals surface area contributed by atoms with Gasteiger partial charge in [0, 0.05) is 28.4 Å². The Balaban J connectivity index is 0.00000144. The smallest absolute Gasteiger partial charge is 0.126 e. The van der Waals surface area contributed by atoms with E-state index < -0.39 is 0 Å². The molecule has 2 nitrogen and oxygen atoms in total. The summed E-state index contributed by atoms with van der Waals surface area (Å²) in [5.41, 5.74) is 0.886. The molecule has 0 aliphatic rings. The van der Waals surface area contributed by atoms with E-state index in [2.05, 4.69) is 10.3 Å². The van der Waals surface area contributed by atoms with Crippen LogP contribution in [-0.2, 0) is 6.54 Å². The van der Waals surface area contributed by atoms with Gasteiger partial charge in [-0.25, -0.2) is 4.98 Å². The van der Waals surface area contributed by atoms with Crippen molar-refractivity contribution < 1.29 is 0 Å². The molecule has 2 aromatic rings. The first-order valence-electron chi connectivity index (χ1n) is 4.85. The van der Waals surface area contributed by atoms with Gasteiger partial charge < -0.3 is 5.32 Å². The summed E-state index contributed by atoms with van der Waals surface area (Å²) in [6, 6.07) is 11.2. The topological polar surface area (TPSA) is 24.9 Å². The van der Waals surface area contributed by atoms with Crippen LogP contribution in [0.3, 0.4) is 0 Å². The van der Waals surface area contributed by atoms with Gasteiger partial charge in [0.1, 0.15) is 5.82 Å². The molecule has 0 radical (unpaired) electrons. The average Bonchev–Trinajstić information content (AvgIpc) is 2.30. The average molecular weight is 290 g/mol. The maximum Gasteiger partial charge on any atom is 0.126 e. The van der Waals surface area contributed by atoms with E-state index in [4.69, 9.17) is 23.2 Å². The van der Waals surface area contributed by atoms with Gasteiger partial charge in [-0.15, -0.1) is 12.4 Å². The Kier molecular flexibility index (Phi) is 5.56. The lowest BCUT2D eigenvalue weighted by Crippen LogP contribution is -2.02. The Morgan fingerprint density at radius 2 is 1.71 bits per heavy atom. The Morgan fingerprint density at radius 1 is 1.00 bits per heavy atom. The molecule has 0 fully saturated rings. The van der Waals surface area contributed by atoms with Crippen molar-refractivity contribution in [2.45, 2.75) is 6.54 Å². The van der Waals surface area contributed by atoms with Gasteiger partial charge in [-0.05, 0) is 24.3 Å². The fourth-order valence-corrected chi connectivity index (χ4v) is 1.88. The van der Waals surface area contributed by atoms with E-state index in [1.807, 2.05) is 36.4 Å². The van der Waals surface area contributed by atoms with Crippen LogP contribution in [0.25, 0.3) is 0 Å². The molecule has 1 N–H and O–H groups in total. The molecule has 1 heterocycles. The zero-order valence-corrected chi connectivity index (χ0v) is 11.2. The molecule has 0 unspecified atom stereocenters. The third-order valence-electron chi connectivity index (χ3n) is 2.17. The highest BCUT2D eigenvalue weighted by atomic mass is 35.5. The molecular formula is C12H11Cl3N2. The molecule has 0 aliphatic carbocycles. The third kappa shape index (κ3) is 3.77. The predicted molar refractivity (Wildman–Crippen MR) is 75.3 cm³/mol. The van der Waals surface area contributed by atoms with Gasteiger partial charge in [-0.2, -0.15) is 0 Å². The van der Waals surface area contributed by atoms with Gasteiger partial charge in [-0.3, -0.25) is 0 Å². The van der Waals surface area contributed by atoms with Crippen molar-refractivity contribution in [1.82, 2.24) is 4.98 Å². The number of rotatable bonds is 3. The summed E-state index contributed by atoms with van der Waals surface area (Å²) in [6.45, 7) is 0.565. The van der Waals surface area contributed by atoms with Crippen molar-refractivity contribution in [3.8, 4) is 0 Å². The summed E-state index contributed by atoms with van der Waals surface area (Å²) in [6.07, 6.45) is 1.73. The standard InChI is InChI=1S/C12H10Cl2N2.ClH/c13-10-4-3-5-11(14)9(10)8-16-12-6-1-2-7-15-12;/h1-7H,8H2,(H,15,16);1H. The molecule has 0 saturated carbocycles. The second-order valence-electron chi connectivity index (χ2n) is 3.27. The van der Waals surface area contributed by atoms with E-state index in [0.717, 1.165) is 11.4 Å². The maximum atomic E-state index is 6.05. The largest absolute Gasteiger partial charge is 0.366 e. The van der Waals surface area contributed by atoms with Crippen molar-refractivity contribution in [2.75, 3.05) is 5.32 Å². The van der Waals surface area contributed by atoms with Crippen LogP contribution in [0.2, 0.25) is 10.0 Å². The van der Waals surface area contributed by atoms with Crippen molar-refractivity contribution in [1.29, 1.82) is 0 Å². The monoisotopic (exact) mass is 288 g/mol. The van der Waals surface area contributed by atoms with E-state index in [-0.39, 0.29) is 12.4 Å². The molecule has 0 atom stereocenters. The highest BCUT2D eigenvalue weighted by Crippen LogP contribution is 2.24. The molecule has 0 bridgehead atoms. The van der Waals surface area contributed by atoms with Crippen LogP contribution in [0.1, 0.15) is 5.56 Å². The van der Waals surface area contributed by atoms with E-state index in [9.17, 15) is 0 Å². The molecule has 5 heteroatoms. The van der Waals surface area contributed by atoms with Crippen LogP contribution < -0.4 is 5.32 Å². The molecule has 1 aromatic carbocycles. The first kappa shape index (κ1) is 14.1. The van der Waals surface area contributed by atoms with Crippen molar-refractivity contribution in [3.05, 3.63) is 58.2 Å². The molecule has 1 aromatic heterocycles. The summed E-state index contributed by atoms with van der Waals surface area (Å²) < 4.78 is 0. The predicted octanol–water partition coefficient (Wildman–Crippen LogP) is 4.42. The summed E-state index contributed by atoms with van der Waals surface area (Å²) in [5.74, 6) is 0.804. The zero-order valence-electron chi connectivity index (χ0n) is 8.86. The van der Waals surface area contributed by atoms with Crippen LogP contribution in [0.4, 0.5) is 5.82 Å². The van der Waals surface area contributed by atoms with Crippen molar-refractivity contribution in [3.63, 3.8) is 0 Å². The number of aromatic nitrogens is 1. The molecule has 0 amide bonds. The van der Waals surface area contributed by atoms with Crippen LogP contribution >= 0.6 is 35.6 Å². The van der Waals surface area contributed by atoms with Gasteiger partial charge in [0.2, 0.25) is 0 Å². The summed E-state index contributed by atoms with van der Waals surface area (Å²) in [4.78, 5) is 4.16. The Labute approximate surface area is 116 Å². The number of halogens is 3. The first-order chi connectivity index (χ1) is 7.77. The minimum absolute atomic E-state index is 0. The molecule has 2 rings (SSSR count). The minimum atomic E-state index is 0. The lowest BCUT2D eigenvalue weighted by atomic mass is 10.2. The van der Waals surface area contributed by atoms with E-state index in [1.54, 1.807) is 6.20 Å². The maximum absolute atomic E-state index is 6.05. The van der Waals surface area contributed by atoms with Crippen LogP contribution in [0.15, 0.2) is 42.6 Å². The van der Waals surface area contributed by atoms with Gasteiger partial charge in [-0.1, -0.05) is 35.3 Å². The fraction of sp³-hybridized carbons (Fsp3) is 0.0833. The number of hydrogen-bond donors (Lipinski definition) is 1. The SMILES string of the molecule is Cl.Clc1cccc(Cl)c1CNc1ccccn1. The number of nitrogens with zero attached hydrogens (tertiary/aromatic N) is 1. The Morgan fingerprint density at radius 3 is 2.29 bits per heavy atom. The van der Waals surface area contributed by atoms with Gasteiger partial charge >= 0.3 is 0 Å². The molecular weight excluding hydrogens is 279 g/mol. The molecule has 90 valence electrons. The minimum Gasteiger partial charge on any atom is -0.366 e. The second kappa shape index (κ2) is 6.70. The Bertz CT molecular complexity index is 454. The van der Waals surface area contributed by atoms with Crippen LogP contribution in [-0.4, -0.2) is 4.98 Å². The molecule has 0 aliphatic heterocycles. The zero-order chi connectivity index (χ0) is 11.4. The quantitative estimate of drug-likeness (QED) is 0.904. The second-order valence-corrected chi connectivity index (χ2v) is 4.08. The molecule has 0 spiro atoms. The van der Waals surface area contributed by atoms with Crippen molar-refractivity contribution in [2.24, 2.45) is 0 Å². The van der Waals surface area contributed by atoms with Crippen LogP contribution in [0.5, 0.6) is 0 Å². The Hall–Kier alpha value is -0.960. The van der Waals surface area contributed by atoms with E-state index in [0.29, 0.717) is 16.6 Å². The van der Waals surface area contributed by atoms with Gasteiger partial charge in [0.25, 0.3) is 0 Å². The fourth-order valence-electron chi connectivity index (χ4n) is 1.35. The lowest BCUT2D eigenvalue weighted by molar-refractivity contribution is 1.11. The van der Waals surface area contributed by atoms with Gasteiger partial charge in [0.15, 0.2) is 0 Å². The number of anilines is 1. The summed E-state index contributed by atoms with van der Waals surface area (Å²) >= 11 is 12.1. The molecule has 17 heavy (non-hydrogen) atoms. The van der Waals surface area contributed by atoms with Crippen molar-refractivity contribution >= 4 is 41.4 Å². The van der Waals surface area contributed by atoms with E-state index in [1.165, 1.54) is 0 Å². The summed E-state index contributed by atoms with van der Waals surface area (Å²) in [7, 11) is 0. The number of pyridine rings is 1. The highest BCUT2D eigenvalue weighted by molar-refractivity contribution is 6.36.